The monoisotopic (exact) mass is 230 g/mol. The maximum absolute atomic E-state index is 12.9. The zero-order valence-corrected chi connectivity index (χ0v) is 9.94. The molecule has 88 valence electrons. The van der Waals surface area contributed by atoms with Crippen LogP contribution >= 0.6 is 0 Å². The number of benzene rings is 1. The highest BCUT2D eigenvalue weighted by Gasteiger charge is 2.12. The van der Waals surface area contributed by atoms with Crippen molar-refractivity contribution >= 4 is 5.69 Å². The van der Waals surface area contributed by atoms with Gasteiger partial charge in [0.05, 0.1) is 11.9 Å². The van der Waals surface area contributed by atoms with E-state index in [0.717, 1.165) is 16.7 Å². The Morgan fingerprint density at radius 1 is 1.12 bits per heavy atom. The predicted molar refractivity (Wildman–Crippen MR) is 68.1 cm³/mol. The van der Waals surface area contributed by atoms with E-state index in [-0.39, 0.29) is 5.82 Å². The van der Waals surface area contributed by atoms with Gasteiger partial charge in [-0.1, -0.05) is 26.0 Å². The average Bonchev–Trinajstić information content (AvgIpc) is 2.30. The highest BCUT2D eigenvalue weighted by molar-refractivity contribution is 5.78. The van der Waals surface area contributed by atoms with Gasteiger partial charge in [0.25, 0.3) is 0 Å². The topological polar surface area (TPSA) is 38.9 Å². The minimum Gasteiger partial charge on any atom is -0.397 e. The number of hydrogen-bond donors (Lipinski definition) is 1. The molecule has 0 aliphatic heterocycles. The predicted octanol–water partition coefficient (Wildman–Crippen LogP) is 3.59. The molecule has 1 aromatic heterocycles. The van der Waals surface area contributed by atoms with Gasteiger partial charge in [-0.05, 0) is 29.2 Å². The summed E-state index contributed by atoms with van der Waals surface area (Å²) in [6.07, 6.45) is 3.45. The SMILES string of the molecule is CC(C)c1cncc(N)c1-c1ccc(F)cc1. The van der Waals surface area contributed by atoms with Gasteiger partial charge >= 0.3 is 0 Å². The number of pyridine rings is 1. The molecule has 17 heavy (non-hydrogen) atoms. The van der Waals surface area contributed by atoms with Crippen LogP contribution in [0.1, 0.15) is 25.3 Å². The van der Waals surface area contributed by atoms with Gasteiger partial charge < -0.3 is 5.73 Å². The summed E-state index contributed by atoms with van der Waals surface area (Å²) < 4.78 is 12.9. The average molecular weight is 230 g/mol. The maximum atomic E-state index is 12.9. The summed E-state index contributed by atoms with van der Waals surface area (Å²) >= 11 is 0. The van der Waals surface area contributed by atoms with E-state index in [1.807, 2.05) is 6.20 Å². The van der Waals surface area contributed by atoms with Gasteiger partial charge in [0.15, 0.2) is 0 Å². The summed E-state index contributed by atoms with van der Waals surface area (Å²) in [5.41, 5.74) is 9.56. The zero-order chi connectivity index (χ0) is 12.4. The minimum atomic E-state index is -0.243. The van der Waals surface area contributed by atoms with Crippen molar-refractivity contribution in [1.82, 2.24) is 4.98 Å². The first kappa shape index (κ1) is 11.6. The van der Waals surface area contributed by atoms with E-state index in [1.165, 1.54) is 12.1 Å². The fourth-order valence-electron chi connectivity index (χ4n) is 1.88. The summed E-state index contributed by atoms with van der Waals surface area (Å²) in [7, 11) is 0. The molecule has 0 saturated heterocycles. The van der Waals surface area contributed by atoms with E-state index >= 15 is 0 Å². The van der Waals surface area contributed by atoms with E-state index in [9.17, 15) is 4.39 Å². The molecule has 1 aromatic carbocycles. The van der Waals surface area contributed by atoms with Crippen LogP contribution in [0, 0.1) is 5.82 Å². The normalized spacial score (nSPS) is 10.8. The van der Waals surface area contributed by atoms with Crippen LogP contribution in [0.3, 0.4) is 0 Å². The molecule has 0 aliphatic carbocycles. The lowest BCUT2D eigenvalue weighted by molar-refractivity contribution is 0.628. The largest absolute Gasteiger partial charge is 0.397 e. The van der Waals surface area contributed by atoms with Gasteiger partial charge in [0.1, 0.15) is 5.82 Å². The minimum absolute atomic E-state index is 0.243. The van der Waals surface area contributed by atoms with Crippen molar-refractivity contribution in [2.75, 3.05) is 5.73 Å². The van der Waals surface area contributed by atoms with Gasteiger partial charge in [-0.15, -0.1) is 0 Å². The first-order valence-corrected chi connectivity index (χ1v) is 5.59. The Morgan fingerprint density at radius 2 is 1.76 bits per heavy atom. The van der Waals surface area contributed by atoms with Crippen molar-refractivity contribution in [2.45, 2.75) is 19.8 Å². The van der Waals surface area contributed by atoms with Gasteiger partial charge in [-0.2, -0.15) is 0 Å². The molecule has 0 saturated carbocycles. The van der Waals surface area contributed by atoms with Crippen molar-refractivity contribution < 1.29 is 4.39 Å². The van der Waals surface area contributed by atoms with E-state index in [4.69, 9.17) is 5.73 Å². The van der Waals surface area contributed by atoms with Crippen LogP contribution in [0.4, 0.5) is 10.1 Å². The number of nitrogens with two attached hydrogens (primary N) is 1. The highest BCUT2D eigenvalue weighted by atomic mass is 19.1. The molecule has 0 atom stereocenters. The number of anilines is 1. The van der Waals surface area contributed by atoms with Crippen LogP contribution in [0.5, 0.6) is 0 Å². The maximum Gasteiger partial charge on any atom is 0.123 e. The summed E-state index contributed by atoms with van der Waals surface area (Å²) in [6.45, 7) is 4.17. The molecule has 0 spiro atoms. The molecule has 2 aromatic rings. The second kappa shape index (κ2) is 4.53. The molecule has 0 aliphatic rings. The number of aromatic nitrogens is 1. The smallest absolute Gasteiger partial charge is 0.123 e. The second-order valence-corrected chi connectivity index (χ2v) is 4.35. The highest BCUT2D eigenvalue weighted by Crippen LogP contribution is 2.33. The van der Waals surface area contributed by atoms with Crippen molar-refractivity contribution in [1.29, 1.82) is 0 Å². The van der Waals surface area contributed by atoms with Crippen molar-refractivity contribution in [3.8, 4) is 11.1 Å². The van der Waals surface area contributed by atoms with Gasteiger partial charge in [0, 0.05) is 11.8 Å². The van der Waals surface area contributed by atoms with Gasteiger partial charge in [0.2, 0.25) is 0 Å². The number of nitrogen functional groups attached to an aromatic ring is 1. The van der Waals surface area contributed by atoms with Gasteiger partial charge in [-0.3, -0.25) is 4.98 Å². The molecule has 2 N–H and O–H groups in total. The Balaban J connectivity index is 2.61. The fourth-order valence-corrected chi connectivity index (χ4v) is 1.88. The Kier molecular flexibility index (Phi) is 3.09. The van der Waals surface area contributed by atoms with Crippen molar-refractivity contribution in [2.24, 2.45) is 0 Å². The Morgan fingerprint density at radius 3 is 2.35 bits per heavy atom. The summed E-state index contributed by atoms with van der Waals surface area (Å²) in [6, 6.07) is 6.37. The lowest BCUT2D eigenvalue weighted by atomic mass is 9.93. The molecule has 0 fully saturated rings. The van der Waals surface area contributed by atoms with Crippen LogP contribution in [0.25, 0.3) is 11.1 Å². The third-order valence-corrected chi connectivity index (χ3v) is 2.76. The molecule has 0 bridgehead atoms. The fraction of sp³-hybridized carbons (Fsp3) is 0.214. The first-order chi connectivity index (χ1) is 8.09. The number of hydrogen-bond acceptors (Lipinski definition) is 2. The van der Waals surface area contributed by atoms with Crippen molar-refractivity contribution in [3.63, 3.8) is 0 Å². The third kappa shape index (κ3) is 2.28. The van der Waals surface area contributed by atoms with E-state index in [1.54, 1.807) is 18.3 Å². The van der Waals surface area contributed by atoms with E-state index < -0.39 is 0 Å². The molecule has 0 unspecified atom stereocenters. The van der Waals surface area contributed by atoms with Gasteiger partial charge in [-0.25, -0.2) is 4.39 Å². The number of halogens is 1. The quantitative estimate of drug-likeness (QED) is 0.856. The lowest BCUT2D eigenvalue weighted by Gasteiger charge is -2.14. The first-order valence-electron chi connectivity index (χ1n) is 5.59. The standard InChI is InChI=1S/C14H15FN2/c1-9(2)12-7-17-8-13(16)14(12)10-3-5-11(15)6-4-10/h3-9H,16H2,1-2H3. The summed E-state index contributed by atoms with van der Waals surface area (Å²) in [5.74, 6) is 0.0820. The molecule has 0 amide bonds. The van der Waals surface area contributed by atoms with Crippen LogP contribution < -0.4 is 5.73 Å². The second-order valence-electron chi connectivity index (χ2n) is 4.35. The third-order valence-electron chi connectivity index (χ3n) is 2.76. The molecule has 2 nitrogen and oxygen atoms in total. The number of rotatable bonds is 2. The van der Waals surface area contributed by atoms with Crippen LogP contribution in [0.15, 0.2) is 36.7 Å². The Bertz CT molecular complexity index is 518. The molecule has 1 heterocycles. The summed E-state index contributed by atoms with van der Waals surface area (Å²) in [4.78, 5) is 4.11. The molecule has 2 rings (SSSR count). The van der Waals surface area contributed by atoms with Crippen LogP contribution in [-0.4, -0.2) is 4.98 Å². The molecular formula is C14H15FN2. The molecule has 0 radical (unpaired) electrons. The van der Waals surface area contributed by atoms with Crippen LogP contribution in [0.2, 0.25) is 0 Å². The lowest BCUT2D eigenvalue weighted by Crippen LogP contribution is -1.99. The number of nitrogens with zero attached hydrogens (tertiary/aromatic N) is 1. The Hall–Kier alpha value is -1.90. The zero-order valence-electron chi connectivity index (χ0n) is 9.94. The summed E-state index contributed by atoms with van der Waals surface area (Å²) in [5, 5.41) is 0. The van der Waals surface area contributed by atoms with Crippen LogP contribution in [-0.2, 0) is 0 Å². The molecular weight excluding hydrogens is 215 g/mol. The van der Waals surface area contributed by atoms with E-state index in [0.29, 0.717) is 11.6 Å². The van der Waals surface area contributed by atoms with E-state index in [2.05, 4.69) is 18.8 Å². The molecule has 3 heteroatoms. The Labute approximate surface area is 100 Å². The van der Waals surface area contributed by atoms with Crippen molar-refractivity contribution in [3.05, 3.63) is 48.0 Å².